The Morgan fingerprint density at radius 2 is 1.61 bits per heavy atom. The Morgan fingerprint density at radius 1 is 1.00 bits per heavy atom. The second-order valence-corrected chi connectivity index (χ2v) is 8.49. The van der Waals surface area contributed by atoms with Gasteiger partial charge in [0.15, 0.2) is 0 Å². The minimum absolute atomic E-state index is 0.0334. The van der Waals surface area contributed by atoms with Crippen LogP contribution in [-0.2, 0) is 9.57 Å². The van der Waals surface area contributed by atoms with E-state index in [0.717, 1.165) is 17.1 Å². The van der Waals surface area contributed by atoms with Crippen LogP contribution in [0.25, 0.3) is 0 Å². The largest absolute Gasteiger partial charge is 0.528 e. The number of carbonyl (C=O) groups excluding carboxylic acids is 1. The fraction of sp³-hybridized carbons (Fsp3) is 0.458. The van der Waals surface area contributed by atoms with Gasteiger partial charge in [0.05, 0.1) is 12.6 Å². The normalized spacial score (nSPS) is 19.5. The maximum atomic E-state index is 11.8. The Labute approximate surface area is 183 Å². The molecule has 0 bridgehead atoms. The highest BCUT2D eigenvalue weighted by Crippen LogP contribution is 2.30. The van der Waals surface area contributed by atoms with E-state index in [-0.39, 0.29) is 12.5 Å². The van der Waals surface area contributed by atoms with E-state index in [1.165, 1.54) is 5.06 Å². The number of hydroxylamine groups is 2. The Kier molecular flexibility index (Phi) is 7.76. The minimum Gasteiger partial charge on any atom is -0.490 e. The number of aliphatic hydroxyl groups excluding tert-OH is 1. The first-order chi connectivity index (χ1) is 14.8. The molecule has 2 aromatic rings. The summed E-state index contributed by atoms with van der Waals surface area (Å²) in [6, 6.07) is 17.3. The number of ether oxygens (including phenoxy) is 3. The second kappa shape index (κ2) is 10.5. The molecule has 1 aliphatic heterocycles. The number of carbonyl (C=O) groups is 1. The van der Waals surface area contributed by atoms with Crippen LogP contribution in [0.1, 0.15) is 38.7 Å². The maximum absolute atomic E-state index is 11.8. The molecule has 1 aliphatic rings. The van der Waals surface area contributed by atoms with Crippen molar-refractivity contribution in [3.05, 3.63) is 60.2 Å². The Bertz CT molecular complexity index is 818. The second-order valence-electron chi connectivity index (χ2n) is 8.49. The highest BCUT2D eigenvalue weighted by Gasteiger charge is 2.32. The van der Waals surface area contributed by atoms with Crippen LogP contribution in [0.5, 0.6) is 11.5 Å². The topological polar surface area (TPSA) is 77.5 Å². The van der Waals surface area contributed by atoms with E-state index in [0.29, 0.717) is 26.2 Å². The Hall–Kier alpha value is -2.77. The molecule has 0 saturated carbocycles. The lowest BCUT2D eigenvalue weighted by molar-refractivity contribution is -0.170. The van der Waals surface area contributed by atoms with Crippen molar-refractivity contribution in [2.45, 2.75) is 44.8 Å². The number of aliphatic hydroxyl groups is 1. The van der Waals surface area contributed by atoms with Crippen molar-refractivity contribution in [1.29, 1.82) is 0 Å². The van der Waals surface area contributed by atoms with Crippen LogP contribution in [0.4, 0.5) is 4.79 Å². The molecule has 2 atom stereocenters. The summed E-state index contributed by atoms with van der Waals surface area (Å²) in [7, 11) is 0. The number of para-hydroxylation sites is 1. The van der Waals surface area contributed by atoms with E-state index in [9.17, 15) is 9.90 Å². The SMILES string of the molecule is CC(C)(C)OC(=O)ON1CCC(c2ccc(OCCOc3ccccc3)cc2)C(O)C1. The number of benzene rings is 2. The molecule has 1 N–H and O–H groups in total. The standard InChI is InChI=1S/C24H31NO6/c1-24(2,3)30-23(27)31-25-14-13-21(22(26)17-25)18-9-11-20(12-10-18)29-16-15-28-19-7-5-4-6-8-19/h4-12,21-22,26H,13-17H2,1-3H3. The molecular weight excluding hydrogens is 398 g/mol. The van der Waals surface area contributed by atoms with Gasteiger partial charge in [0, 0.05) is 12.5 Å². The molecule has 3 rings (SSSR count). The summed E-state index contributed by atoms with van der Waals surface area (Å²) >= 11 is 0. The molecule has 1 saturated heterocycles. The molecule has 0 radical (unpaired) electrons. The zero-order chi connectivity index (χ0) is 22.3. The average Bonchev–Trinajstić information content (AvgIpc) is 2.71. The zero-order valence-corrected chi connectivity index (χ0v) is 18.3. The minimum atomic E-state index is -0.754. The molecule has 0 aromatic heterocycles. The van der Waals surface area contributed by atoms with Gasteiger partial charge in [-0.05, 0) is 57.0 Å². The lowest BCUT2D eigenvalue weighted by atomic mass is 9.88. The smallest absolute Gasteiger partial charge is 0.490 e. The molecule has 168 valence electrons. The van der Waals surface area contributed by atoms with Crippen LogP contribution in [0, 0.1) is 0 Å². The fourth-order valence-electron chi connectivity index (χ4n) is 3.40. The summed E-state index contributed by atoms with van der Waals surface area (Å²) < 4.78 is 16.5. The lowest BCUT2D eigenvalue weighted by Crippen LogP contribution is -2.44. The van der Waals surface area contributed by atoms with Crippen molar-refractivity contribution >= 4 is 6.16 Å². The summed E-state index contributed by atoms with van der Waals surface area (Å²) in [4.78, 5) is 17.0. The summed E-state index contributed by atoms with van der Waals surface area (Å²) in [6.45, 7) is 6.99. The van der Waals surface area contributed by atoms with Crippen molar-refractivity contribution in [3.8, 4) is 11.5 Å². The van der Waals surface area contributed by atoms with E-state index >= 15 is 0 Å². The summed E-state index contributed by atoms with van der Waals surface area (Å²) in [6.07, 6.45) is -0.743. The Morgan fingerprint density at radius 3 is 2.19 bits per heavy atom. The predicted octanol–water partition coefficient (Wildman–Crippen LogP) is 4.16. The van der Waals surface area contributed by atoms with Gasteiger partial charge < -0.3 is 24.2 Å². The molecule has 31 heavy (non-hydrogen) atoms. The van der Waals surface area contributed by atoms with Crippen molar-refractivity contribution in [1.82, 2.24) is 5.06 Å². The van der Waals surface area contributed by atoms with E-state index in [2.05, 4.69) is 0 Å². The summed E-state index contributed by atoms with van der Waals surface area (Å²) in [5, 5.41) is 12.0. The molecule has 0 amide bonds. The Balaban J connectivity index is 1.43. The number of rotatable bonds is 7. The summed E-state index contributed by atoms with van der Waals surface area (Å²) in [5.74, 6) is 1.53. The van der Waals surface area contributed by atoms with Crippen LogP contribution in [-0.4, -0.2) is 54.3 Å². The van der Waals surface area contributed by atoms with Gasteiger partial charge in [-0.2, -0.15) is 0 Å². The van der Waals surface area contributed by atoms with Crippen LogP contribution < -0.4 is 9.47 Å². The van der Waals surface area contributed by atoms with E-state index in [1.807, 2.05) is 54.6 Å². The van der Waals surface area contributed by atoms with E-state index in [4.69, 9.17) is 19.0 Å². The lowest BCUT2D eigenvalue weighted by Gasteiger charge is -2.34. The first-order valence-electron chi connectivity index (χ1n) is 10.5. The quantitative estimate of drug-likeness (QED) is 0.523. The predicted molar refractivity (Wildman–Crippen MR) is 116 cm³/mol. The van der Waals surface area contributed by atoms with Crippen LogP contribution in [0.3, 0.4) is 0 Å². The fourth-order valence-corrected chi connectivity index (χ4v) is 3.40. The van der Waals surface area contributed by atoms with E-state index in [1.54, 1.807) is 20.8 Å². The number of hydrogen-bond acceptors (Lipinski definition) is 7. The van der Waals surface area contributed by atoms with Crippen molar-refractivity contribution in [2.75, 3.05) is 26.3 Å². The molecule has 0 aliphatic carbocycles. The molecule has 1 heterocycles. The third-order valence-corrected chi connectivity index (χ3v) is 4.81. The molecule has 2 unspecified atom stereocenters. The molecular formula is C24H31NO6. The van der Waals surface area contributed by atoms with Gasteiger partial charge in [-0.15, -0.1) is 5.06 Å². The van der Waals surface area contributed by atoms with Gasteiger partial charge in [-0.1, -0.05) is 30.3 Å². The van der Waals surface area contributed by atoms with Crippen LogP contribution in [0.2, 0.25) is 0 Å². The van der Waals surface area contributed by atoms with Gasteiger partial charge in [0.25, 0.3) is 0 Å². The van der Waals surface area contributed by atoms with Gasteiger partial charge >= 0.3 is 6.16 Å². The molecule has 0 spiro atoms. The number of hydrogen-bond donors (Lipinski definition) is 1. The number of β-amino-alcohol motifs (C(OH)–C–C–N with tert-alkyl or cyclic N) is 1. The number of piperidine rings is 1. The van der Waals surface area contributed by atoms with E-state index < -0.39 is 17.9 Å². The molecule has 2 aromatic carbocycles. The molecule has 7 heteroatoms. The third kappa shape index (κ3) is 7.45. The average molecular weight is 430 g/mol. The third-order valence-electron chi connectivity index (χ3n) is 4.81. The monoisotopic (exact) mass is 429 g/mol. The van der Waals surface area contributed by atoms with Crippen molar-refractivity contribution < 1.29 is 28.9 Å². The number of nitrogens with zero attached hydrogens (tertiary/aromatic N) is 1. The maximum Gasteiger partial charge on any atom is 0.528 e. The first kappa shape index (κ1) is 22.9. The first-order valence-corrected chi connectivity index (χ1v) is 10.5. The van der Waals surface area contributed by atoms with Crippen LogP contribution >= 0.6 is 0 Å². The highest BCUT2D eigenvalue weighted by molar-refractivity contribution is 5.60. The van der Waals surface area contributed by atoms with Gasteiger partial charge in [0.2, 0.25) is 0 Å². The van der Waals surface area contributed by atoms with Crippen LogP contribution in [0.15, 0.2) is 54.6 Å². The van der Waals surface area contributed by atoms with Crippen molar-refractivity contribution in [3.63, 3.8) is 0 Å². The van der Waals surface area contributed by atoms with Crippen molar-refractivity contribution in [2.24, 2.45) is 0 Å². The highest BCUT2D eigenvalue weighted by atomic mass is 16.8. The molecule has 7 nitrogen and oxygen atoms in total. The van der Waals surface area contributed by atoms with Gasteiger partial charge in [0.1, 0.15) is 30.3 Å². The molecule has 1 fully saturated rings. The van der Waals surface area contributed by atoms with Gasteiger partial charge in [-0.25, -0.2) is 4.79 Å². The van der Waals surface area contributed by atoms with Gasteiger partial charge in [-0.3, -0.25) is 0 Å². The summed E-state index contributed by atoms with van der Waals surface area (Å²) in [5.41, 5.74) is 0.406. The zero-order valence-electron chi connectivity index (χ0n) is 18.3.